The van der Waals surface area contributed by atoms with Gasteiger partial charge in [0, 0.05) is 11.3 Å². The monoisotopic (exact) mass is 364 g/mol. The van der Waals surface area contributed by atoms with Crippen LogP contribution in [0.4, 0.5) is 10.1 Å². The van der Waals surface area contributed by atoms with Crippen LogP contribution in [-0.2, 0) is 9.53 Å². The number of nitrogens with two attached hydrogens (primary N) is 1. The van der Waals surface area contributed by atoms with Crippen molar-refractivity contribution in [1.82, 2.24) is 0 Å². The number of carbonyl (C=O) groups is 3. The Morgan fingerprint density at radius 3 is 2.36 bits per heavy atom. The maximum atomic E-state index is 13.0. The summed E-state index contributed by atoms with van der Waals surface area (Å²) in [6.45, 7) is 1.38. The van der Waals surface area contributed by atoms with Gasteiger partial charge in [-0.2, -0.15) is 0 Å². The average Bonchev–Trinajstić information content (AvgIpc) is 2.55. The van der Waals surface area contributed by atoms with E-state index in [0.717, 1.165) is 12.1 Å². The molecule has 0 saturated heterocycles. The summed E-state index contributed by atoms with van der Waals surface area (Å²) in [7, 11) is 0. The number of carbonyl (C=O) groups excluding carboxylic acids is 3. The van der Waals surface area contributed by atoms with Crippen molar-refractivity contribution in [1.29, 1.82) is 0 Å². The molecule has 2 amide bonds. The van der Waals surface area contributed by atoms with E-state index >= 15 is 0 Å². The summed E-state index contributed by atoms with van der Waals surface area (Å²) in [5.74, 6) is -2.61. The van der Waals surface area contributed by atoms with Crippen LogP contribution in [0.25, 0.3) is 0 Å². The molecule has 8 heteroatoms. The highest BCUT2D eigenvalue weighted by Gasteiger charge is 2.21. The second kappa shape index (κ2) is 7.76. The quantitative estimate of drug-likeness (QED) is 0.797. The number of esters is 1. The highest BCUT2D eigenvalue weighted by atomic mass is 35.5. The van der Waals surface area contributed by atoms with Gasteiger partial charge in [-0.05, 0) is 49.4 Å². The molecule has 0 spiro atoms. The summed E-state index contributed by atoms with van der Waals surface area (Å²) >= 11 is 5.78. The molecule has 2 aromatic carbocycles. The maximum absolute atomic E-state index is 13.0. The summed E-state index contributed by atoms with van der Waals surface area (Å²) in [5, 5.41) is 2.42. The Labute approximate surface area is 147 Å². The van der Waals surface area contributed by atoms with E-state index in [0.29, 0.717) is 11.3 Å². The topological polar surface area (TPSA) is 98.5 Å². The van der Waals surface area contributed by atoms with Gasteiger partial charge in [0.05, 0.1) is 10.6 Å². The molecule has 0 heterocycles. The van der Waals surface area contributed by atoms with Crippen LogP contribution in [0.3, 0.4) is 0 Å². The molecule has 0 aliphatic rings. The number of hydrogen-bond donors (Lipinski definition) is 2. The number of amides is 2. The van der Waals surface area contributed by atoms with E-state index in [4.69, 9.17) is 22.1 Å². The molecule has 2 aromatic rings. The number of rotatable bonds is 5. The first kappa shape index (κ1) is 18.4. The van der Waals surface area contributed by atoms with Crippen molar-refractivity contribution in [2.75, 3.05) is 5.32 Å². The van der Waals surface area contributed by atoms with E-state index in [1.165, 1.54) is 37.3 Å². The zero-order valence-corrected chi connectivity index (χ0v) is 13.8. The Balaban J connectivity index is 1.99. The smallest absolute Gasteiger partial charge is 0.340 e. The fraction of sp³-hybridized carbons (Fsp3) is 0.118. The number of nitrogens with one attached hydrogen (secondary N) is 1. The molecule has 6 nitrogen and oxygen atoms in total. The van der Waals surface area contributed by atoms with Gasteiger partial charge in [0.1, 0.15) is 5.82 Å². The van der Waals surface area contributed by atoms with Gasteiger partial charge in [0.2, 0.25) is 5.91 Å². The van der Waals surface area contributed by atoms with E-state index in [1.54, 1.807) is 0 Å². The number of primary amides is 1. The normalized spacial score (nSPS) is 11.5. The minimum absolute atomic E-state index is 0.0477. The van der Waals surface area contributed by atoms with Gasteiger partial charge >= 0.3 is 5.97 Å². The highest BCUT2D eigenvalue weighted by molar-refractivity contribution is 6.33. The van der Waals surface area contributed by atoms with Gasteiger partial charge < -0.3 is 15.8 Å². The lowest BCUT2D eigenvalue weighted by Gasteiger charge is -2.14. The summed E-state index contributed by atoms with van der Waals surface area (Å²) < 4.78 is 18.0. The predicted octanol–water partition coefficient (Wildman–Crippen LogP) is 2.76. The van der Waals surface area contributed by atoms with Crippen LogP contribution < -0.4 is 11.1 Å². The van der Waals surface area contributed by atoms with Crippen molar-refractivity contribution < 1.29 is 23.5 Å². The van der Waals surface area contributed by atoms with Crippen LogP contribution in [0.2, 0.25) is 5.02 Å². The zero-order chi connectivity index (χ0) is 18.6. The Morgan fingerprint density at radius 2 is 1.80 bits per heavy atom. The van der Waals surface area contributed by atoms with Crippen LogP contribution >= 0.6 is 11.6 Å². The zero-order valence-electron chi connectivity index (χ0n) is 13.1. The summed E-state index contributed by atoms with van der Waals surface area (Å²) in [5.41, 5.74) is 5.77. The van der Waals surface area contributed by atoms with E-state index in [1.807, 2.05) is 0 Å². The first-order valence-electron chi connectivity index (χ1n) is 7.14. The van der Waals surface area contributed by atoms with Gasteiger partial charge in [0.25, 0.3) is 5.91 Å². The van der Waals surface area contributed by atoms with Gasteiger partial charge in [-0.25, -0.2) is 9.18 Å². The van der Waals surface area contributed by atoms with Gasteiger partial charge in [-0.3, -0.25) is 9.59 Å². The van der Waals surface area contributed by atoms with E-state index in [-0.39, 0.29) is 10.6 Å². The molecule has 130 valence electrons. The van der Waals surface area contributed by atoms with Crippen LogP contribution in [0.1, 0.15) is 27.6 Å². The predicted molar refractivity (Wildman–Crippen MR) is 89.9 cm³/mol. The minimum Gasteiger partial charge on any atom is -0.449 e. The third-order valence-electron chi connectivity index (χ3n) is 3.24. The number of hydrogen-bond acceptors (Lipinski definition) is 4. The molecule has 0 unspecified atom stereocenters. The summed E-state index contributed by atoms with van der Waals surface area (Å²) in [6.07, 6.45) is -1.12. The lowest BCUT2D eigenvalue weighted by molar-refractivity contribution is -0.123. The van der Waals surface area contributed by atoms with Crippen molar-refractivity contribution in [2.45, 2.75) is 13.0 Å². The molecule has 0 radical (unpaired) electrons. The van der Waals surface area contributed by atoms with Crippen LogP contribution in [-0.4, -0.2) is 23.9 Å². The molecule has 0 saturated carbocycles. The fourth-order valence-corrected chi connectivity index (χ4v) is 2.14. The standard InChI is InChI=1S/C17H14ClFN2O4/c1-9(25-17(24)13-7-4-11(19)8-14(13)18)16(23)21-12-5-2-10(3-6-12)15(20)22/h2-9H,1H3,(H2,20,22)(H,21,23)/t9-/m0/s1. The molecular formula is C17H14ClFN2O4. The van der Waals surface area contributed by atoms with Gasteiger partial charge in [-0.1, -0.05) is 11.6 Å². The van der Waals surface area contributed by atoms with Crippen molar-refractivity contribution in [3.63, 3.8) is 0 Å². The molecule has 0 aromatic heterocycles. The Kier molecular flexibility index (Phi) is 5.71. The lowest BCUT2D eigenvalue weighted by Crippen LogP contribution is -2.30. The highest BCUT2D eigenvalue weighted by Crippen LogP contribution is 2.19. The second-order valence-corrected chi connectivity index (χ2v) is 5.51. The molecule has 0 fully saturated rings. The summed E-state index contributed by atoms with van der Waals surface area (Å²) in [4.78, 5) is 35.1. The average molecular weight is 365 g/mol. The third-order valence-corrected chi connectivity index (χ3v) is 3.55. The van der Waals surface area contributed by atoms with Crippen LogP contribution in [0, 0.1) is 5.82 Å². The Bertz CT molecular complexity index is 824. The SMILES string of the molecule is C[C@H](OC(=O)c1ccc(F)cc1Cl)C(=O)Nc1ccc(C(N)=O)cc1. The van der Waals surface area contributed by atoms with Crippen LogP contribution in [0.5, 0.6) is 0 Å². The van der Waals surface area contributed by atoms with Crippen LogP contribution in [0.15, 0.2) is 42.5 Å². The molecule has 25 heavy (non-hydrogen) atoms. The molecule has 2 rings (SSSR count). The van der Waals surface area contributed by atoms with Crippen molar-refractivity contribution in [3.8, 4) is 0 Å². The van der Waals surface area contributed by atoms with E-state index in [9.17, 15) is 18.8 Å². The number of ether oxygens (including phenoxy) is 1. The Hall–Kier alpha value is -2.93. The lowest BCUT2D eigenvalue weighted by atomic mass is 10.2. The van der Waals surface area contributed by atoms with Crippen molar-refractivity contribution in [3.05, 3.63) is 64.4 Å². The number of halogens is 2. The molecular weight excluding hydrogens is 351 g/mol. The fourth-order valence-electron chi connectivity index (χ4n) is 1.89. The number of benzene rings is 2. The molecule has 0 aliphatic heterocycles. The molecule has 1 atom stereocenters. The first-order chi connectivity index (χ1) is 11.8. The van der Waals surface area contributed by atoms with Crippen molar-refractivity contribution in [2.24, 2.45) is 5.73 Å². The van der Waals surface area contributed by atoms with E-state index in [2.05, 4.69) is 5.32 Å². The second-order valence-electron chi connectivity index (χ2n) is 5.10. The molecule has 0 aliphatic carbocycles. The van der Waals surface area contributed by atoms with Crippen molar-refractivity contribution >= 4 is 35.1 Å². The third kappa shape index (κ3) is 4.77. The number of anilines is 1. The maximum Gasteiger partial charge on any atom is 0.340 e. The van der Waals surface area contributed by atoms with E-state index < -0.39 is 29.7 Å². The molecule has 0 bridgehead atoms. The van der Waals surface area contributed by atoms with Gasteiger partial charge in [0.15, 0.2) is 6.10 Å². The van der Waals surface area contributed by atoms with Gasteiger partial charge in [-0.15, -0.1) is 0 Å². The minimum atomic E-state index is -1.12. The largest absolute Gasteiger partial charge is 0.449 e. The molecule has 3 N–H and O–H groups in total. The summed E-state index contributed by atoms with van der Waals surface area (Å²) in [6, 6.07) is 9.09. The Morgan fingerprint density at radius 1 is 1.16 bits per heavy atom. The first-order valence-corrected chi connectivity index (χ1v) is 7.52.